The van der Waals surface area contributed by atoms with Crippen LogP contribution in [0.2, 0.25) is 0 Å². The summed E-state index contributed by atoms with van der Waals surface area (Å²) in [5, 5.41) is 11.7. The van der Waals surface area contributed by atoms with Crippen molar-refractivity contribution in [1.29, 1.82) is 0 Å². The highest BCUT2D eigenvalue weighted by Gasteiger charge is 2.16. The second-order valence-corrected chi connectivity index (χ2v) is 4.41. The number of benzene rings is 1. The zero-order chi connectivity index (χ0) is 12.8. The van der Waals surface area contributed by atoms with Gasteiger partial charge in [-0.1, -0.05) is 31.2 Å². The topological polar surface area (TPSA) is 49.3 Å². The molecule has 3 heteroatoms. The summed E-state index contributed by atoms with van der Waals surface area (Å²) in [6.45, 7) is 5.73. The van der Waals surface area contributed by atoms with E-state index in [-0.39, 0.29) is 24.5 Å². The van der Waals surface area contributed by atoms with Gasteiger partial charge in [-0.3, -0.25) is 4.79 Å². The van der Waals surface area contributed by atoms with E-state index in [1.165, 1.54) is 5.56 Å². The van der Waals surface area contributed by atoms with Gasteiger partial charge in [-0.05, 0) is 31.4 Å². The molecule has 0 aromatic heterocycles. The summed E-state index contributed by atoms with van der Waals surface area (Å²) in [6, 6.07) is 7.89. The van der Waals surface area contributed by atoms with Crippen molar-refractivity contribution < 1.29 is 9.90 Å². The summed E-state index contributed by atoms with van der Waals surface area (Å²) < 4.78 is 0. The standard InChI is InChI=1S/C14H21NO2/c1-4-12-5-7-13(8-6-12)11(3)14(17)15-10(2)9-16/h5-8,10-11,16H,4,9H2,1-3H3,(H,15,17). The molecule has 1 amide bonds. The lowest BCUT2D eigenvalue weighted by atomic mass is 9.98. The number of hydrogen-bond donors (Lipinski definition) is 2. The summed E-state index contributed by atoms with van der Waals surface area (Å²) in [6.07, 6.45) is 1.00. The molecule has 0 saturated carbocycles. The first-order valence-electron chi connectivity index (χ1n) is 6.08. The summed E-state index contributed by atoms with van der Waals surface area (Å²) >= 11 is 0. The van der Waals surface area contributed by atoms with E-state index in [1.807, 2.05) is 19.1 Å². The van der Waals surface area contributed by atoms with Crippen molar-refractivity contribution in [3.05, 3.63) is 35.4 Å². The van der Waals surface area contributed by atoms with Crippen LogP contribution in [0.1, 0.15) is 37.8 Å². The largest absolute Gasteiger partial charge is 0.394 e. The van der Waals surface area contributed by atoms with Crippen molar-refractivity contribution in [1.82, 2.24) is 5.32 Å². The van der Waals surface area contributed by atoms with E-state index in [0.29, 0.717) is 0 Å². The SMILES string of the molecule is CCc1ccc(C(C)C(=O)NC(C)CO)cc1. The van der Waals surface area contributed by atoms with E-state index in [4.69, 9.17) is 5.11 Å². The van der Waals surface area contributed by atoms with Crippen molar-refractivity contribution in [2.24, 2.45) is 0 Å². The van der Waals surface area contributed by atoms with Gasteiger partial charge in [-0.2, -0.15) is 0 Å². The van der Waals surface area contributed by atoms with E-state index < -0.39 is 0 Å². The van der Waals surface area contributed by atoms with Gasteiger partial charge >= 0.3 is 0 Å². The number of hydrogen-bond acceptors (Lipinski definition) is 2. The fourth-order valence-electron chi connectivity index (χ4n) is 1.61. The predicted octanol–water partition coefficient (Wildman–Crippen LogP) is 1.85. The fourth-order valence-corrected chi connectivity index (χ4v) is 1.61. The van der Waals surface area contributed by atoms with Crippen molar-refractivity contribution in [2.75, 3.05) is 6.61 Å². The third-order valence-corrected chi connectivity index (χ3v) is 2.94. The summed E-state index contributed by atoms with van der Waals surface area (Å²) in [4.78, 5) is 11.8. The lowest BCUT2D eigenvalue weighted by molar-refractivity contribution is -0.123. The molecule has 0 aliphatic carbocycles. The van der Waals surface area contributed by atoms with E-state index >= 15 is 0 Å². The van der Waals surface area contributed by atoms with Crippen LogP contribution in [0.15, 0.2) is 24.3 Å². The molecular formula is C14H21NO2. The van der Waals surface area contributed by atoms with Gasteiger partial charge in [0.05, 0.1) is 12.5 Å². The zero-order valence-electron chi connectivity index (χ0n) is 10.7. The zero-order valence-corrected chi connectivity index (χ0v) is 10.7. The Kier molecular flexibility index (Phi) is 5.16. The van der Waals surface area contributed by atoms with Crippen LogP contribution in [0.4, 0.5) is 0 Å². The summed E-state index contributed by atoms with van der Waals surface area (Å²) in [7, 11) is 0. The number of nitrogens with one attached hydrogen (secondary N) is 1. The van der Waals surface area contributed by atoms with Crippen LogP contribution < -0.4 is 5.32 Å². The first-order chi connectivity index (χ1) is 8.08. The Morgan fingerprint density at radius 1 is 1.29 bits per heavy atom. The highest BCUT2D eigenvalue weighted by molar-refractivity contribution is 5.83. The molecular weight excluding hydrogens is 214 g/mol. The monoisotopic (exact) mass is 235 g/mol. The van der Waals surface area contributed by atoms with Gasteiger partial charge in [0.2, 0.25) is 5.91 Å². The molecule has 0 heterocycles. The number of carbonyl (C=O) groups is 1. The lowest BCUT2D eigenvalue weighted by Crippen LogP contribution is -2.37. The van der Waals surface area contributed by atoms with E-state index in [9.17, 15) is 4.79 Å². The number of aliphatic hydroxyl groups is 1. The smallest absolute Gasteiger partial charge is 0.227 e. The number of aliphatic hydroxyl groups excluding tert-OH is 1. The highest BCUT2D eigenvalue weighted by Crippen LogP contribution is 2.16. The molecule has 94 valence electrons. The van der Waals surface area contributed by atoms with Gasteiger partial charge in [0.15, 0.2) is 0 Å². The molecule has 2 unspecified atom stereocenters. The van der Waals surface area contributed by atoms with Crippen LogP contribution in [-0.4, -0.2) is 23.7 Å². The van der Waals surface area contributed by atoms with Crippen LogP contribution in [0, 0.1) is 0 Å². The molecule has 0 bridgehead atoms. The van der Waals surface area contributed by atoms with Gasteiger partial charge in [-0.15, -0.1) is 0 Å². The Hall–Kier alpha value is -1.35. The van der Waals surface area contributed by atoms with Gasteiger partial charge in [0.25, 0.3) is 0 Å². The maximum Gasteiger partial charge on any atom is 0.227 e. The molecule has 0 spiro atoms. The Labute approximate surface area is 103 Å². The van der Waals surface area contributed by atoms with Crippen molar-refractivity contribution in [3.63, 3.8) is 0 Å². The average Bonchev–Trinajstić information content (AvgIpc) is 2.37. The molecule has 17 heavy (non-hydrogen) atoms. The fraction of sp³-hybridized carbons (Fsp3) is 0.500. The third-order valence-electron chi connectivity index (χ3n) is 2.94. The Bertz CT molecular complexity index is 359. The number of rotatable bonds is 5. The average molecular weight is 235 g/mol. The lowest BCUT2D eigenvalue weighted by Gasteiger charge is -2.16. The first kappa shape index (κ1) is 13.7. The number of amides is 1. The number of aryl methyl sites for hydroxylation is 1. The third kappa shape index (κ3) is 3.86. The Morgan fingerprint density at radius 3 is 2.35 bits per heavy atom. The van der Waals surface area contributed by atoms with Crippen molar-refractivity contribution >= 4 is 5.91 Å². The molecule has 0 saturated heterocycles. The van der Waals surface area contributed by atoms with Crippen LogP contribution in [0.3, 0.4) is 0 Å². The minimum atomic E-state index is -0.195. The molecule has 1 aromatic carbocycles. The molecule has 2 N–H and O–H groups in total. The van der Waals surface area contributed by atoms with Gasteiger partial charge in [0, 0.05) is 6.04 Å². The Morgan fingerprint density at radius 2 is 1.88 bits per heavy atom. The van der Waals surface area contributed by atoms with Gasteiger partial charge < -0.3 is 10.4 Å². The molecule has 3 nitrogen and oxygen atoms in total. The molecule has 0 radical (unpaired) electrons. The van der Waals surface area contributed by atoms with E-state index in [0.717, 1.165) is 12.0 Å². The number of carbonyl (C=O) groups excluding carboxylic acids is 1. The minimum absolute atomic E-state index is 0.0345. The minimum Gasteiger partial charge on any atom is -0.394 e. The summed E-state index contributed by atoms with van der Waals surface area (Å²) in [5.74, 6) is -0.231. The molecule has 1 rings (SSSR count). The normalized spacial score (nSPS) is 14.1. The second kappa shape index (κ2) is 6.40. The van der Waals surface area contributed by atoms with Crippen molar-refractivity contribution in [2.45, 2.75) is 39.2 Å². The second-order valence-electron chi connectivity index (χ2n) is 4.41. The van der Waals surface area contributed by atoms with Crippen LogP contribution >= 0.6 is 0 Å². The first-order valence-corrected chi connectivity index (χ1v) is 6.08. The summed E-state index contributed by atoms with van der Waals surface area (Å²) in [5.41, 5.74) is 2.27. The maximum atomic E-state index is 11.8. The van der Waals surface area contributed by atoms with Crippen molar-refractivity contribution in [3.8, 4) is 0 Å². The molecule has 2 atom stereocenters. The molecule has 0 aliphatic rings. The molecule has 1 aromatic rings. The van der Waals surface area contributed by atoms with E-state index in [1.54, 1.807) is 6.92 Å². The predicted molar refractivity (Wildman–Crippen MR) is 68.9 cm³/mol. The van der Waals surface area contributed by atoms with Gasteiger partial charge in [-0.25, -0.2) is 0 Å². The quantitative estimate of drug-likeness (QED) is 0.818. The van der Waals surface area contributed by atoms with Crippen LogP contribution in [0.5, 0.6) is 0 Å². The Balaban J connectivity index is 2.67. The molecule has 0 aliphatic heterocycles. The van der Waals surface area contributed by atoms with Crippen LogP contribution in [-0.2, 0) is 11.2 Å². The maximum absolute atomic E-state index is 11.8. The van der Waals surface area contributed by atoms with E-state index in [2.05, 4.69) is 24.4 Å². The highest BCUT2D eigenvalue weighted by atomic mass is 16.3. The molecule has 0 fully saturated rings. The van der Waals surface area contributed by atoms with Crippen LogP contribution in [0.25, 0.3) is 0 Å². The van der Waals surface area contributed by atoms with Gasteiger partial charge in [0.1, 0.15) is 0 Å².